The molecule has 2 aliphatic heterocycles. The Kier molecular flexibility index (Phi) is 6.06. The van der Waals surface area contributed by atoms with Crippen LogP contribution in [-0.2, 0) is 15.1 Å². The van der Waals surface area contributed by atoms with E-state index in [-0.39, 0.29) is 17.4 Å². The van der Waals surface area contributed by atoms with Crippen molar-refractivity contribution in [2.45, 2.75) is 43.0 Å². The molecule has 34 heavy (non-hydrogen) atoms. The summed E-state index contributed by atoms with van der Waals surface area (Å²) in [5.74, 6) is 0.885. The van der Waals surface area contributed by atoms with Crippen molar-refractivity contribution >= 4 is 21.6 Å². The van der Waals surface area contributed by atoms with Crippen LogP contribution in [0.15, 0.2) is 36.4 Å². The quantitative estimate of drug-likeness (QED) is 0.601. The van der Waals surface area contributed by atoms with Gasteiger partial charge in [0.15, 0.2) is 21.4 Å². The van der Waals surface area contributed by atoms with E-state index in [4.69, 9.17) is 18.9 Å². The summed E-state index contributed by atoms with van der Waals surface area (Å²) in [5, 5.41) is 0. The summed E-state index contributed by atoms with van der Waals surface area (Å²) >= 11 is 0. The standard InChI is InChI=1S/C24H29B2FN2O5/c1-31-21-19(32-14-15-4-2-5-15)9-8-18(28-21)22(30)29-11-10-23(16-6-3-7-17(27)12-16)20(13-29)33-24(25,26)34-23/h3,6-9,12,15,20H,2,4-5,10-11,13-14,25-26H2,1H3. The van der Waals surface area contributed by atoms with Gasteiger partial charge in [-0.25, -0.2) is 9.37 Å². The molecule has 1 aliphatic carbocycles. The molecule has 7 nitrogen and oxygen atoms in total. The minimum absolute atomic E-state index is 0.218. The minimum Gasteiger partial charge on any atom is -0.488 e. The summed E-state index contributed by atoms with van der Waals surface area (Å²) in [6.07, 6.45) is 3.66. The van der Waals surface area contributed by atoms with Crippen LogP contribution in [0.5, 0.6) is 11.6 Å². The average molecular weight is 466 g/mol. The Bertz CT molecular complexity index is 1080. The van der Waals surface area contributed by atoms with Crippen molar-refractivity contribution in [1.82, 2.24) is 9.88 Å². The molecule has 2 aromatic rings. The molecule has 3 fully saturated rings. The first kappa shape index (κ1) is 23.2. The predicted octanol–water partition coefficient (Wildman–Crippen LogP) is 1.44. The maximum absolute atomic E-state index is 14.0. The summed E-state index contributed by atoms with van der Waals surface area (Å²) in [6.45, 7) is 1.37. The third-order valence-corrected chi connectivity index (χ3v) is 7.05. The first-order chi connectivity index (χ1) is 16.3. The fourth-order valence-electron chi connectivity index (χ4n) is 5.11. The van der Waals surface area contributed by atoms with E-state index >= 15 is 0 Å². The largest absolute Gasteiger partial charge is 0.488 e. The number of carbonyl (C=O) groups excluding carboxylic acids is 1. The van der Waals surface area contributed by atoms with Crippen LogP contribution in [0.3, 0.4) is 0 Å². The molecule has 3 aliphatic rings. The summed E-state index contributed by atoms with van der Waals surface area (Å²) in [6, 6.07) is 9.85. The zero-order chi connectivity index (χ0) is 23.9. The molecule has 1 aromatic carbocycles. The van der Waals surface area contributed by atoms with Crippen LogP contribution in [0.1, 0.15) is 41.7 Å². The van der Waals surface area contributed by atoms with Gasteiger partial charge in [-0.05, 0) is 48.6 Å². The Morgan fingerprint density at radius 1 is 1.29 bits per heavy atom. The monoisotopic (exact) mass is 466 g/mol. The zero-order valence-corrected chi connectivity index (χ0v) is 19.9. The third kappa shape index (κ3) is 4.29. The summed E-state index contributed by atoms with van der Waals surface area (Å²) in [4.78, 5) is 19.5. The van der Waals surface area contributed by atoms with Crippen molar-refractivity contribution in [2.24, 2.45) is 5.92 Å². The van der Waals surface area contributed by atoms with Crippen LogP contribution in [0.2, 0.25) is 0 Å². The molecule has 2 atom stereocenters. The smallest absolute Gasteiger partial charge is 0.272 e. The lowest BCUT2D eigenvalue weighted by atomic mass is 9.76. The van der Waals surface area contributed by atoms with Crippen LogP contribution in [0.4, 0.5) is 4.39 Å². The normalized spacial score (nSPS) is 25.9. The lowest BCUT2D eigenvalue weighted by Gasteiger charge is -2.42. The molecule has 5 rings (SSSR count). The van der Waals surface area contributed by atoms with Gasteiger partial charge in [-0.1, -0.05) is 18.6 Å². The van der Waals surface area contributed by atoms with Gasteiger partial charge in [0, 0.05) is 13.0 Å². The number of nitrogens with zero attached hydrogens (tertiary/aromatic N) is 2. The molecule has 0 radical (unpaired) electrons. The van der Waals surface area contributed by atoms with E-state index in [0.717, 1.165) is 5.56 Å². The molecule has 10 heteroatoms. The van der Waals surface area contributed by atoms with Gasteiger partial charge < -0.3 is 23.8 Å². The third-order valence-electron chi connectivity index (χ3n) is 7.05. The Morgan fingerprint density at radius 3 is 2.82 bits per heavy atom. The van der Waals surface area contributed by atoms with E-state index in [1.165, 1.54) is 38.5 Å². The number of piperidine rings is 1. The molecule has 1 aromatic heterocycles. The molecule has 0 bridgehead atoms. The Morgan fingerprint density at radius 2 is 2.12 bits per heavy atom. The summed E-state index contributed by atoms with van der Waals surface area (Å²) < 4.78 is 37.9. The van der Waals surface area contributed by atoms with Crippen molar-refractivity contribution in [3.63, 3.8) is 0 Å². The maximum Gasteiger partial charge on any atom is 0.272 e. The van der Waals surface area contributed by atoms with E-state index in [2.05, 4.69) is 4.98 Å². The Hall–Kier alpha value is -2.58. The average Bonchev–Trinajstić information content (AvgIpc) is 3.08. The number of amides is 1. The van der Waals surface area contributed by atoms with Gasteiger partial charge >= 0.3 is 0 Å². The Balaban J connectivity index is 1.34. The number of carbonyl (C=O) groups is 1. The topological polar surface area (TPSA) is 70.1 Å². The number of hydrogen-bond donors (Lipinski definition) is 0. The number of rotatable bonds is 6. The van der Waals surface area contributed by atoms with Crippen molar-refractivity contribution < 1.29 is 28.1 Å². The molecular weight excluding hydrogens is 437 g/mol. The van der Waals surface area contributed by atoms with Crippen LogP contribution in [-0.4, -0.2) is 70.0 Å². The number of ether oxygens (including phenoxy) is 4. The lowest BCUT2D eigenvalue weighted by molar-refractivity contribution is -0.0775. The highest BCUT2D eigenvalue weighted by molar-refractivity contribution is 6.38. The number of pyridine rings is 1. The highest BCUT2D eigenvalue weighted by Gasteiger charge is 2.56. The fraction of sp³-hybridized carbons (Fsp3) is 0.500. The molecule has 0 spiro atoms. The van der Waals surface area contributed by atoms with Crippen molar-refractivity contribution in [1.29, 1.82) is 0 Å². The Labute approximate surface area is 200 Å². The van der Waals surface area contributed by atoms with Crippen molar-refractivity contribution in [3.05, 3.63) is 53.5 Å². The van der Waals surface area contributed by atoms with Crippen molar-refractivity contribution in [3.8, 4) is 11.6 Å². The van der Waals surface area contributed by atoms with E-state index in [1.807, 2.05) is 21.8 Å². The minimum atomic E-state index is -0.850. The van der Waals surface area contributed by atoms with Gasteiger partial charge in [-0.2, -0.15) is 0 Å². The van der Waals surface area contributed by atoms with Gasteiger partial charge in [0.1, 0.15) is 23.2 Å². The van der Waals surface area contributed by atoms with Gasteiger partial charge in [0.2, 0.25) is 0 Å². The molecule has 2 unspecified atom stereocenters. The van der Waals surface area contributed by atoms with Crippen LogP contribution in [0.25, 0.3) is 0 Å². The molecule has 1 amide bonds. The molecule has 1 saturated carbocycles. The molecule has 3 heterocycles. The molecule has 0 N–H and O–H groups in total. The second-order valence-corrected chi connectivity index (χ2v) is 9.82. The first-order valence-corrected chi connectivity index (χ1v) is 11.9. The van der Waals surface area contributed by atoms with Gasteiger partial charge in [0.25, 0.3) is 11.8 Å². The van der Waals surface area contributed by atoms with Gasteiger partial charge in [0.05, 0.1) is 25.8 Å². The number of halogens is 1. The SMILES string of the molecule is BC1(B)OC2CN(C(=O)c3ccc(OCC4CCC4)c(OC)n3)CCC2(c2cccc(F)c2)O1. The summed E-state index contributed by atoms with van der Waals surface area (Å²) in [5.41, 5.74) is -0.656. The van der Waals surface area contributed by atoms with Crippen LogP contribution < -0.4 is 9.47 Å². The predicted molar refractivity (Wildman–Crippen MR) is 128 cm³/mol. The number of hydrogen-bond acceptors (Lipinski definition) is 6. The van der Waals surface area contributed by atoms with Crippen LogP contribution >= 0.6 is 0 Å². The number of aromatic nitrogens is 1. The van der Waals surface area contributed by atoms with E-state index in [9.17, 15) is 9.18 Å². The van der Waals surface area contributed by atoms with E-state index in [1.54, 1.807) is 23.1 Å². The molecule has 2 saturated heterocycles. The van der Waals surface area contributed by atoms with Gasteiger partial charge in [-0.3, -0.25) is 4.79 Å². The number of fused-ring (bicyclic) bond motifs is 1. The number of likely N-dealkylation sites (tertiary alicyclic amines) is 1. The first-order valence-electron chi connectivity index (χ1n) is 11.9. The molecule has 178 valence electrons. The second kappa shape index (κ2) is 8.89. The van der Waals surface area contributed by atoms with Crippen LogP contribution in [0, 0.1) is 11.7 Å². The fourth-order valence-corrected chi connectivity index (χ4v) is 5.11. The maximum atomic E-state index is 14.0. The van der Waals surface area contributed by atoms with Crippen molar-refractivity contribution in [2.75, 3.05) is 26.8 Å². The van der Waals surface area contributed by atoms with E-state index < -0.39 is 17.3 Å². The van der Waals surface area contributed by atoms with E-state index in [0.29, 0.717) is 43.7 Å². The number of benzene rings is 1. The lowest BCUT2D eigenvalue weighted by Crippen LogP contribution is -2.53. The second-order valence-electron chi connectivity index (χ2n) is 9.82. The highest BCUT2D eigenvalue weighted by atomic mass is 19.1. The van der Waals surface area contributed by atoms with Gasteiger partial charge in [-0.15, -0.1) is 0 Å². The highest BCUT2D eigenvalue weighted by Crippen LogP contribution is 2.47. The molecular formula is C24H29B2FN2O5. The zero-order valence-electron chi connectivity index (χ0n) is 19.9. The number of methoxy groups -OCH3 is 1. The summed E-state index contributed by atoms with van der Waals surface area (Å²) in [7, 11) is 5.20.